The molecule has 0 aliphatic heterocycles. The van der Waals surface area contributed by atoms with Crippen molar-refractivity contribution in [3.05, 3.63) is 11.6 Å². The Morgan fingerprint density at radius 3 is 3.10 bits per heavy atom. The van der Waals surface area contributed by atoms with Gasteiger partial charge in [-0.15, -0.1) is 5.92 Å². The molecule has 0 bridgehead atoms. The molecule has 0 saturated carbocycles. The molecule has 1 rings (SSSR count). The second-order valence-corrected chi connectivity index (χ2v) is 2.53. The molecule has 1 aliphatic rings. The summed E-state index contributed by atoms with van der Waals surface area (Å²) in [5.74, 6) is 5.82. The highest BCUT2D eigenvalue weighted by molar-refractivity contribution is 5.18. The molecule has 0 saturated heterocycles. The topological polar surface area (TPSA) is 20.2 Å². The maximum atomic E-state index is 9.07. The molecule has 0 spiro atoms. The van der Waals surface area contributed by atoms with Crippen LogP contribution in [-0.2, 0) is 0 Å². The van der Waals surface area contributed by atoms with Crippen LogP contribution in [0.15, 0.2) is 11.6 Å². The summed E-state index contributed by atoms with van der Waals surface area (Å²) < 4.78 is 0. The molecule has 1 N–H and O–H groups in total. The van der Waals surface area contributed by atoms with Gasteiger partial charge < -0.3 is 5.11 Å². The Morgan fingerprint density at radius 1 is 1.80 bits per heavy atom. The van der Waals surface area contributed by atoms with Crippen LogP contribution in [0.5, 0.6) is 0 Å². The number of allylic oxidation sites excluding steroid dienone is 1. The molecule has 1 heteroatoms. The summed E-state index contributed by atoms with van der Waals surface area (Å²) in [5, 5.41) is 9.07. The van der Waals surface area contributed by atoms with E-state index in [0.29, 0.717) is 0 Å². The Kier molecular flexibility index (Phi) is 2.53. The van der Waals surface area contributed by atoms with Crippen LogP contribution in [0.25, 0.3) is 0 Å². The van der Waals surface area contributed by atoms with Gasteiger partial charge >= 0.3 is 0 Å². The highest BCUT2D eigenvalue weighted by atomic mass is 16.3. The van der Waals surface area contributed by atoms with Gasteiger partial charge in [-0.3, -0.25) is 0 Å². The van der Waals surface area contributed by atoms with Crippen molar-refractivity contribution in [2.45, 2.75) is 32.3 Å². The third kappa shape index (κ3) is 1.89. The maximum Gasteiger partial charge on any atom is 0.0726 e. The maximum absolute atomic E-state index is 9.07. The Labute approximate surface area is 61.8 Å². The van der Waals surface area contributed by atoms with E-state index in [1.165, 1.54) is 5.57 Å². The van der Waals surface area contributed by atoms with Crippen LogP contribution in [0.3, 0.4) is 0 Å². The van der Waals surface area contributed by atoms with Crippen LogP contribution in [0.4, 0.5) is 0 Å². The molecule has 0 fully saturated rings. The lowest BCUT2D eigenvalue weighted by Crippen LogP contribution is -1.93. The van der Waals surface area contributed by atoms with Crippen molar-refractivity contribution >= 4 is 0 Å². The number of aliphatic hydroxyl groups is 1. The van der Waals surface area contributed by atoms with Gasteiger partial charge in [0.05, 0.1) is 6.10 Å². The summed E-state index contributed by atoms with van der Waals surface area (Å²) in [6.07, 6.45) is 4.47. The van der Waals surface area contributed by atoms with E-state index in [0.717, 1.165) is 19.3 Å². The first-order chi connectivity index (χ1) is 4.83. The lowest BCUT2D eigenvalue weighted by molar-refractivity contribution is 0.223. The smallest absolute Gasteiger partial charge is 0.0726 e. The minimum Gasteiger partial charge on any atom is -0.389 e. The summed E-state index contributed by atoms with van der Waals surface area (Å²) in [6, 6.07) is 0. The minimum absolute atomic E-state index is 0.200. The van der Waals surface area contributed by atoms with Crippen LogP contribution in [-0.4, -0.2) is 11.2 Å². The van der Waals surface area contributed by atoms with Crippen molar-refractivity contribution < 1.29 is 5.11 Å². The average molecular weight is 136 g/mol. The highest BCUT2D eigenvalue weighted by Crippen LogP contribution is 2.20. The van der Waals surface area contributed by atoms with Gasteiger partial charge in [0.15, 0.2) is 0 Å². The van der Waals surface area contributed by atoms with Crippen LogP contribution in [0.1, 0.15) is 26.2 Å². The van der Waals surface area contributed by atoms with Crippen LogP contribution < -0.4 is 0 Å². The Morgan fingerprint density at radius 2 is 2.60 bits per heavy atom. The highest BCUT2D eigenvalue weighted by Gasteiger charge is 2.10. The van der Waals surface area contributed by atoms with Crippen LogP contribution in [0.2, 0.25) is 0 Å². The van der Waals surface area contributed by atoms with Gasteiger partial charge in [0.1, 0.15) is 0 Å². The predicted molar refractivity (Wildman–Crippen MR) is 41.4 cm³/mol. The van der Waals surface area contributed by atoms with Crippen molar-refractivity contribution in [3.63, 3.8) is 0 Å². The molecular formula is C9H12O. The molecule has 0 aromatic heterocycles. The van der Waals surface area contributed by atoms with E-state index < -0.39 is 0 Å². The van der Waals surface area contributed by atoms with Gasteiger partial charge in [0.25, 0.3) is 0 Å². The first-order valence-electron chi connectivity index (χ1n) is 3.60. The molecule has 0 aromatic rings. The largest absolute Gasteiger partial charge is 0.389 e. The molecule has 0 radical (unpaired) electrons. The van der Waals surface area contributed by atoms with E-state index in [4.69, 9.17) is 5.11 Å². The first kappa shape index (κ1) is 7.37. The van der Waals surface area contributed by atoms with E-state index in [2.05, 4.69) is 11.8 Å². The number of hydrogen-bond acceptors (Lipinski definition) is 1. The summed E-state index contributed by atoms with van der Waals surface area (Å²) in [5.41, 5.74) is 1.29. The third-order valence-corrected chi connectivity index (χ3v) is 1.68. The molecule has 10 heavy (non-hydrogen) atoms. The van der Waals surface area contributed by atoms with Gasteiger partial charge in [-0.05, 0) is 19.8 Å². The molecule has 0 heterocycles. The molecule has 1 nitrogen and oxygen atoms in total. The SMILES string of the molecule is CC#CCC1=CC(O)CC1. The molecule has 0 aromatic carbocycles. The van der Waals surface area contributed by atoms with Gasteiger partial charge in [-0.1, -0.05) is 17.6 Å². The summed E-state index contributed by atoms with van der Waals surface area (Å²) >= 11 is 0. The van der Waals surface area contributed by atoms with E-state index in [9.17, 15) is 0 Å². The fraction of sp³-hybridized carbons (Fsp3) is 0.556. The van der Waals surface area contributed by atoms with Crippen molar-refractivity contribution in [1.29, 1.82) is 0 Å². The van der Waals surface area contributed by atoms with Crippen LogP contribution >= 0.6 is 0 Å². The molecule has 54 valence electrons. The summed E-state index contributed by atoms with van der Waals surface area (Å²) in [4.78, 5) is 0. The van der Waals surface area contributed by atoms with E-state index >= 15 is 0 Å². The summed E-state index contributed by atoms with van der Waals surface area (Å²) in [7, 11) is 0. The zero-order valence-electron chi connectivity index (χ0n) is 6.22. The minimum atomic E-state index is -0.200. The Bertz CT molecular complexity index is 193. The standard InChI is InChI=1S/C9H12O/c1-2-3-4-8-5-6-9(10)7-8/h7,9-10H,4-6H2,1H3. The zero-order chi connectivity index (χ0) is 7.40. The van der Waals surface area contributed by atoms with Crippen molar-refractivity contribution in [2.75, 3.05) is 0 Å². The second kappa shape index (κ2) is 3.43. The molecule has 1 unspecified atom stereocenters. The normalized spacial score (nSPS) is 23.4. The Balaban J connectivity index is 2.40. The number of rotatable bonds is 1. The number of aliphatic hydroxyl groups excluding tert-OH is 1. The number of hydrogen-bond donors (Lipinski definition) is 1. The lowest BCUT2D eigenvalue weighted by Gasteiger charge is -1.89. The second-order valence-electron chi connectivity index (χ2n) is 2.53. The average Bonchev–Trinajstić information content (AvgIpc) is 2.31. The van der Waals surface area contributed by atoms with Crippen molar-refractivity contribution in [2.24, 2.45) is 0 Å². The fourth-order valence-electron chi connectivity index (χ4n) is 1.12. The van der Waals surface area contributed by atoms with Gasteiger partial charge in [0, 0.05) is 6.42 Å². The lowest BCUT2D eigenvalue weighted by atomic mass is 10.2. The molecule has 0 amide bonds. The zero-order valence-corrected chi connectivity index (χ0v) is 6.22. The van der Waals surface area contributed by atoms with Crippen molar-refractivity contribution in [1.82, 2.24) is 0 Å². The van der Waals surface area contributed by atoms with E-state index in [1.54, 1.807) is 0 Å². The monoisotopic (exact) mass is 136 g/mol. The summed E-state index contributed by atoms with van der Waals surface area (Å²) in [6.45, 7) is 1.84. The van der Waals surface area contributed by atoms with Crippen molar-refractivity contribution in [3.8, 4) is 11.8 Å². The molecule has 1 aliphatic carbocycles. The predicted octanol–water partition coefficient (Wildman–Crippen LogP) is 1.48. The van der Waals surface area contributed by atoms with Gasteiger partial charge in [-0.2, -0.15) is 0 Å². The van der Waals surface area contributed by atoms with Crippen LogP contribution in [0, 0.1) is 11.8 Å². The fourth-order valence-corrected chi connectivity index (χ4v) is 1.12. The quantitative estimate of drug-likeness (QED) is 0.427. The first-order valence-corrected chi connectivity index (χ1v) is 3.60. The van der Waals surface area contributed by atoms with E-state index in [1.807, 2.05) is 13.0 Å². The molecule has 1 atom stereocenters. The van der Waals surface area contributed by atoms with Gasteiger partial charge in [-0.25, -0.2) is 0 Å². The van der Waals surface area contributed by atoms with E-state index in [-0.39, 0.29) is 6.10 Å². The van der Waals surface area contributed by atoms with Gasteiger partial charge in [0.2, 0.25) is 0 Å². The Hall–Kier alpha value is -0.740. The third-order valence-electron chi connectivity index (χ3n) is 1.68. The molecular weight excluding hydrogens is 124 g/mol.